The van der Waals surface area contributed by atoms with E-state index in [1.165, 1.54) is 11.3 Å². The first-order valence-electron chi connectivity index (χ1n) is 8.25. The molecular weight excluding hydrogens is 260 g/mol. The monoisotopic (exact) mass is 286 g/mol. The molecule has 1 amide bonds. The Hall–Kier alpha value is -1.51. The standard InChI is InChI=1S/C18H26N2O/c1-4-18(21)19-10-9-17-15(12-19)14-7-5-6-8-16(14)20(17)11-13(2)3/h5-8,13,15,17H,4,9-12H2,1-3H3/t15-,17-/m0/s1. The summed E-state index contributed by atoms with van der Waals surface area (Å²) in [5, 5.41) is 0. The van der Waals surface area contributed by atoms with Gasteiger partial charge in [-0.2, -0.15) is 0 Å². The summed E-state index contributed by atoms with van der Waals surface area (Å²) in [7, 11) is 0. The third kappa shape index (κ3) is 2.54. The first-order chi connectivity index (χ1) is 10.1. The Balaban J connectivity index is 1.89. The molecule has 21 heavy (non-hydrogen) atoms. The third-order valence-electron chi connectivity index (χ3n) is 4.84. The number of hydrogen-bond acceptors (Lipinski definition) is 2. The average molecular weight is 286 g/mol. The number of likely N-dealkylation sites (tertiary alicyclic amines) is 1. The zero-order chi connectivity index (χ0) is 15.0. The Labute approximate surface area is 127 Å². The van der Waals surface area contributed by atoms with Crippen LogP contribution in [0.2, 0.25) is 0 Å². The second-order valence-electron chi connectivity index (χ2n) is 6.76. The Morgan fingerprint density at radius 1 is 1.33 bits per heavy atom. The van der Waals surface area contributed by atoms with Crippen molar-refractivity contribution < 1.29 is 4.79 Å². The molecule has 2 atom stereocenters. The molecule has 2 aliphatic rings. The number of hydrogen-bond donors (Lipinski definition) is 0. The molecule has 3 rings (SSSR count). The van der Waals surface area contributed by atoms with Gasteiger partial charge >= 0.3 is 0 Å². The van der Waals surface area contributed by atoms with Crippen LogP contribution in [0.5, 0.6) is 0 Å². The SMILES string of the molecule is CCC(=O)N1CC[C@H]2[C@@H](C1)c1ccccc1N2CC(C)C. The lowest BCUT2D eigenvalue weighted by molar-refractivity contribution is -0.132. The fraction of sp³-hybridized carbons (Fsp3) is 0.611. The fourth-order valence-corrected chi connectivity index (χ4v) is 3.94. The van der Waals surface area contributed by atoms with E-state index in [9.17, 15) is 4.79 Å². The highest BCUT2D eigenvalue weighted by Crippen LogP contribution is 2.44. The van der Waals surface area contributed by atoms with Gasteiger partial charge in [0, 0.05) is 43.7 Å². The molecule has 0 spiro atoms. The number of amides is 1. The van der Waals surface area contributed by atoms with Crippen molar-refractivity contribution in [3.63, 3.8) is 0 Å². The molecule has 2 heterocycles. The molecule has 3 nitrogen and oxygen atoms in total. The number of carbonyl (C=O) groups is 1. The van der Waals surface area contributed by atoms with Crippen molar-refractivity contribution in [1.82, 2.24) is 4.90 Å². The van der Waals surface area contributed by atoms with Crippen molar-refractivity contribution in [3.05, 3.63) is 29.8 Å². The Morgan fingerprint density at radius 2 is 2.10 bits per heavy atom. The van der Waals surface area contributed by atoms with E-state index in [2.05, 4.69) is 47.9 Å². The summed E-state index contributed by atoms with van der Waals surface area (Å²) in [5.41, 5.74) is 2.84. The molecule has 0 unspecified atom stereocenters. The number of anilines is 1. The largest absolute Gasteiger partial charge is 0.367 e. The normalized spacial score (nSPS) is 24.2. The van der Waals surface area contributed by atoms with Crippen LogP contribution in [-0.4, -0.2) is 36.5 Å². The second-order valence-corrected chi connectivity index (χ2v) is 6.76. The highest BCUT2D eigenvalue weighted by molar-refractivity contribution is 5.76. The van der Waals surface area contributed by atoms with Crippen molar-refractivity contribution in [2.24, 2.45) is 5.92 Å². The maximum Gasteiger partial charge on any atom is 0.222 e. The first kappa shape index (κ1) is 14.4. The molecular formula is C18H26N2O. The van der Waals surface area contributed by atoms with Crippen LogP contribution in [0.15, 0.2) is 24.3 Å². The van der Waals surface area contributed by atoms with Crippen molar-refractivity contribution in [2.45, 2.75) is 45.6 Å². The summed E-state index contributed by atoms with van der Waals surface area (Å²) in [6, 6.07) is 9.36. The van der Waals surface area contributed by atoms with Crippen LogP contribution < -0.4 is 4.90 Å². The van der Waals surface area contributed by atoms with Gasteiger partial charge in [-0.05, 0) is 24.0 Å². The minimum atomic E-state index is 0.299. The lowest BCUT2D eigenvalue weighted by Crippen LogP contribution is -2.48. The topological polar surface area (TPSA) is 23.6 Å². The quantitative estimate of drug-likeness (QED) is 0.851. The van der Waals surface area contributed by atoms with E-state index < -0.39 is 0 Å². The van der Waals surface area contributed by atoms with Crippen LogP contribution in [0.25, 0.3) is 0 Å². The number of benzene rings is 1. The molecule has 114 valence electrons. The third-order valence-corrected chi connectivity index (χ3v) is 4.84. The molecule has 0 aliphatic carbocycles. The lowest BCUT2D eigenvalue weighted by Gasteiger charge is -2.39. The highest BCUT2D eigenvalue weighted by atomic mass is 16.2. The van der Waals surface area contributed by atoms with Gasteiger partial charge in [-0.25, -0.2) is 0 Å². The van der Waals surface area contributed by atoms with E-state index in [1.54, 1.807) is 0 Å². The summed E-state index contributed by atoms with van der Waals surface area (Å²) in [6.45, 7) is 9.44. The van der Waals surface area contributed by atoms with Gasteiger partial charge in [0.05, 0.1) is 0 Å². The van der Waals surface area contributed by atoms with Gasteiger partial charge in [0.2, 0.25) is 5.91 Å². The molecule has 0 saturated carbocycles. The molecule has 1 fully saturated rings. The van der Waals surface area contributed by atoms with E-state index in [-0.39, 0.29) is 0 Å². The first-order valence-corrected chi connectivity index (χ1v) is 8.25. The maximum atomic E-state index is 12.0. The number of rotatable bonds is 3. The highest BCUT2D eigenvalue weighted by Gasteiger charge is 2.42. The lowest BCUT2D eigenvalue weighted by atomic mass is 9.89. The molecule has 2 aliphatic heterocycles. The molecule has 1 aromatic carbocycles. The summed E-state index contributed by atoms with van der Waals surface area (Å²) in [4.78, 5) is 16.7. The molecule has 0 N–H and O–H groups in total. The number of carbonyl (C=O) groups excluding carboxylic acids is 1. The van der Waals surface area contributed by atoms with E-state index in [0.717, 1.165) is 26.1 Å². The van der Waals surface area contributed by atoms with Crippen LogP contribution in [0.3, 0.4) is 0 Å². The maximum absolute atomic E-state index is 12.0. The predicted octanol–water partition coefficient (Wildman–Crippen LogP) is 3.26. The zero-order valence-corrected chi connectivity index (χ0v) is 13.4. The van der Waals surface area contributed by atoms with Gasteiger partial charge in [-0.15, -0.1) is 0 Å². The van der Waals surface area contributed by atoms with Crippen LogP contribution in [0.4, 0.5) is 5.69 Å². The Kier molecular flexibility index (Phi) is 3.92. The number of para-hydroxylation sites is 1. The van der Waals surface area contributed by atoms with Crippen LogP contribution in [-0.2, 0) is 4.79 Å². The summed E-state index contributed by atoms with van der Waals surface area (Å²) < 4.78 is 0. The van der Waals surface area contributed by atoms with Gasteiger partial charge in [-0.1, -0.05) is 39.0 Å². The van der Waals surface area contributed by atoms with Gasteiger partial charge in [0.25, 0.3) is 0 Å². The molecule has 0 radical (unpaired) electrons. The van der Waals surface area contributed by atoms with Crippen molar-refractivity contribution in [1.29, 1.82) is 0 Å². The minimum Gasteiger partial charge on any atom is -0.367 e. The molecule has 0 aromatic heterocycles. The van der Waals surface area contributed by atoms with Crippen LogP contribution >= 0.6 is 0 Å². The van der Waals surface area contributed by atoms with E-state index >= 15 is 0 Å². The van der Waals surface area contributed by atoms with Gasteiger partial charge < -0.3 is 9.80 Å². The Morgan fingerprint density at radius 3 is 2.81 bits per heavy atom. The zero-order valence-electron chi connectivity index (χ0n) is 13.4. The van der Waals surface area contributed by atoms with Gasteiger partial charge in [-0.3, -0.25) is 4.79 Å². The molecule has 3 heteroatoms. The van der Waals surface area contributed by atoms with E-state index in [0.29, 0.717) is 30.2 Å². The summed E-state index contributed by atoms with van der Waals surface area (Å²) in [5.74, 6) is 1.45. The number of fused-ring (bicyclic) bond motifs is 3. The van der Waals surface area contributed by atoms with Gasteiger partial charge in [0.15, 0.2) is 0 Å². The van der Waals surface area contributed by atoms with Gasteiger partial charge in [0.1, 0.15) is 0 Å². The van der Waals surface area contributed by atoms with Crippen LogP contribution in [0, 0.1) is 5.92 Å². The molecule has 1 saturated heterocycles. The van der Waals surface area contributed by atoms with E-state index in [4.69, 9.17) is 0 Å². The summed E-state index contributed by atoms with van der Waals surface area (Å²) >= 11 is 0. The van der Waals surface area contributed by atoms with Crippen molar-refractivity contribution in [3.8, 4) is 0 Å². The molecule has 1 aromatic rings. The number of piperidine rings is 1. The fourth-order valence-electron chi connectivity index (χ4n) is 3.94. The van der Waals surface area contributed by atoms with Crippen molar-refractivity contribution >= 4 is 11.6 Å². The summed E-state index contributed by atoms with van der Waals surface area (Å²) in [6.07, 6.45) is 1.71. The predicted molar refractivity (Wildman–Crippen MR) is 86.6 cm³/mol. The second kappa shape index (κ2) is 5.70. The average Bonchev–Trinajstić information content (AvgIpc) is 2.80. The molecule has 0 bridgehead atoms. The van der Waals surface area contributed by atoms with Crippen molar-refractivity contribution in [2.75, 3.05) is 24.5 Å². The Bertz CT molecular complexity index is 526. The van der Waals surface area contributed by atoms with Crippen LogP contribution in [0.1, 0.15) is 45.1 Å². The smallest absolute Gasteiger partial charge is 0.222 e. The minimum absolute atomic E-state index is 0.299. The number of nitrogens with zero attached hydrogens (tertiary/aromatic N) is 2. The van der Waals surface area contributed by atoms with E-state index in [1.807, 2.05) is 6.92 Å².